The van der Waals surface area contributed by atoms with Crippen LogP contribution in [0.15, 0.2) is 60.7 Å². The zero-order valence-electron chi connectivity index (χ0n) is 22.6. The van der Waals surface area contributed by atoms with Crippen LogP contribution in [0.4, 0.5) is 0 Å². The van der Waals surface area contributed by atoms with E-state index in [2.05, 4.69) is 93.7 Å². The van der Waals surface area contributed by atoms with Gasteiger partial charge in [0.25, 0.3) is 0 Å². The first-order valence-electron chi connectivity index (χ1n) is 13.7. The Morgan fingerprint density at radius 1 is 1.08 bits per heavy atom. The third kappa shape index (κ3) is 5.53. The topological polar surface area (TPSA) is 55.1 Å². The number of hydrogen-bond donors (Lipinski definition) is 2. The summed E-state index contributed by atoms with van der Waals surface area (Å²) in [4.78, 5) is 10.6. The zero-order valence-corrected chi connectivity index (χ0v) is 23.4. The molecule has 2 saturated carbocycles. The Labute approximate surface area is 223 Å². The summed E-state index contributed by atoms with van der Waals surface area (Å²) in [6.45, 7) is 9.78. The van der Waals surface area contributed by atoms with Gasteiger partial charge in [-0.15, -0.1) is 11.6 Å². The highest BCUT2D eigenvalue weighted by molar-refractivity contribution is 6.24. The molecule has 6 unspecified atom stereocenters. The average molecular weight is 509 g/mol. The van der Waals surface area contributed by atoms with Crippen LogP contribution in [0.5, 0.6) is 0 Å². The molecule has 1 amide bonds. The molecule has 4 rings (SSSR count). The van der Waals surface area contributed by atoms with Gasteiger partial charge < -0.3 is 11.1 Å². The lowest BCUT2D eigenvalue weighted by Crippen LogP contribution is -2.57. The third-order valence-corrected chi connectivity index (χ3v) is 10.6. The van der Waals surface area contributed by atoms with Gasteiger partial charge in [-0.05, 0) is 84.2 Å². The number of fused-ring (bicyclic) bond motifs is 2. The third-order valence-electron chi connectivity index (χ3n) is 9.74. The van der Waals surface area contributed by atoms with Gasteiger partial charge in [-0.3, -0.25) is 4.79 Å². The summed E-state index contributed by atoms with van der Waals surface area (Å²) < 4.78 is 0. The quantitative estimate of drug-likeness (QED) is 0.271. The zero-order chi connectivity index (χ0) is 26.0. The van der Waals surface area contributed by atoms with Gasteiger partial charge in [-0.25, -0.2) is 0 Å². The smallest absolute Gasteiger partial charge is 0.207 e. The van der Waals surface area contributed by atoms with E-state index in [0.29, 0.717) is 18.4 Å². The Kier molecular flexibility index (Phi) is 7.93. The normalized spacial score (nSPS) is 33.1. The minimum absolute atomic E-state index is 0.0280. The first kappa shape index (κ1) is 27.2. The molecular weight excluding hydrogens is 464 g/mol. The fourth-order valence-corrected chi connectivity index (χ4v) is 8.02. The van der Waals surface area contributed by atoms with Crippen LogP contribution in [-0.4, -0.2) is 23.9 Å². The Hall–Kier alpha value is -1.84. The molecule has 196 valence electrons. The minimum Gasteiger partial charge on any atom is -0.358 e. The molecule has 6 atom stereocenters. The van der Waals surface area contributed by atoms with Crippen molar-refractivity contribution in [1.29, 1.82) is 0 Å². The van der Waals surface area contributed by atoms with Gasteiger partial charge in [-0.2, -0.15) is 0 Å². The summed E-state index contributed by atoms with van der Waals surface area (Å²) in [5.74, 6) is 0.876. The number of nitrogens with two attached hydrogens (primary N) is 1. The van der Waals surface area contributed by atoms with Crippen molar-refractivity contribution >= 4 is 18.0 Å². The predicted octanol–water partition coefficient (Wildman–Crippen LogP) is 6.87. The Morgan fingerprint density at radius 2 is 1.72 bits per heavy atom. The van der Waals surface area contributed by atoms with E-state index in [1.807, 2.05) is 0 Å². The highest BCUT2D eigenvalue weighted by Gasteiger charge is 2.58. The second-order valence-electron chi connectivity index (χ2n) is 13.1. The van der Waals surface area contributed by atoms with E-state index >= 15 is 0 Å². The highest BCUT2D eigenvalue weighted by Crippen LogP contribution is 2.64. The van der Waals surface area contributed by atoms with Gasteiger partial charge >= 0.3 is 0 Å². The highest BCUT2D eigenvalue weighted by atomic mass is 35.5. The van der Waals surface area contributed by atoms with Gasteiger partial charge in [0.15, 0.2) is 0 Å². The maximum Gasteiger partial charge on any atom is 0.207 e. The average Bonchev–Trinajstić information content (AvgIpc) is 2.86. The molecule has 0 heterocycles. The van der Waals surface area contributed by atoms with Crippen molar-refractivity contribution in [2.45, 2.75) is 89.0 Å². The van der Waals surface area contributed by atoms with E-state index in [0.717, 1.165) is 44.9 Å². The summed E-state index contributed by atoms with van der Waals surface area (Å²) in [6, 6.07) is 22.0. The summed E-state index contributed by atoms with van der Waals surface area (Å²) in [6.07, 6.45) is 8.34. The van der Waals surface area contributed by atoms with Crippen LogP contribution in [0.2, 0.25) is 0 Å². The minimum atomic E-state index is -0.240. The maximum atomic E-state index is 10.9. The van der Waals surface area contributed by atoms with Crippen LogP contribution in [0, 0.1) is 22.7 Å². The van der Waals surface area contributed by atoms with E-state index < -0.39 is 0 Å². The number of rotatable bonds is 10. The van der Waals surface area contributed by atoms with Gasteiger partial charge in [0.1, 0.15) is 0 Å². The lowest BCUT2D eigenvalue weighted by molar-refractivity contribution is -0.110. The molecule has 2 fully saturated rings. The Balaban J connectivity index is 1.62. The molecule has 0 aliphatic heterocycles. The molecule has 3 N–H and O–H groups in total. The number of benzene rings is 2. The molecule has 0 spiro atoms. The predicted molar refractivity (Wildman–Crippen MR) is 151 cm³/mol. The van der Waals surface area contributed by atoms with Crippen molar-refractivity contribution in [2.75, 3.05) is 6.54 Å². The molecule has 2 aliphatic rings. The van der Waals surface area contributed by atoms with Crippen LogP contribution in [0.3, 0.4) is 0 Å². The van der Waals surface area contributed by atoms with Gasteiger partial charge in [0, 0.05) is 12.6 Å². The summed E-state index contributed by atoms with van der Waals surface area (Å²) in [7, 11) is 0. The van der Waals surface area contributed by atoms with Crippen LogP contribution >= 0.6 is 11.6 Å². The van der Waals surface area contributed by atoms with E-state index in [-0.39, 0.29) is 27.2 Å². The first-order valence-corrected chi connectivity index (χ1v) is 14.1. The van der Waals surface area contributed by atoms with E-state index in [1.54, 1.807) is 0 Å². The van der Waals surface area contributed by atoms with Crippen molar-refractivity contribution in [3.05, 3.63) is 71.8 Å². The summed E-state index contributed by atoms with van der Waals surface area (Å²) in [5.41, 5.74) is 9.72. The second kappa shape index (κ2) is 10.5. The molecule has 2 aliphatic carbocycles. The molecule has 2 bridgehead atoms. The summed E-state index contributed by atoms with van der Waals surface area (Å²) >= 11 is 7.73. The van der Waals surface area contributed by atoms with Crippen LogP contribution in [0.1, 0.15) is 77.3 Å². The lowest BCUT2D eigenvalue weighted by Gasteiger charge is -2.61. The van der Waals surface area contributed by atoms with Crippen molar-refractivity contribution in [3.8, 4) is 0 Å². The van der Waals surface area contributed by atoms with E-state index in [9.17, 15) is 4.79 Å². The standard InChI is InChI=1S/C32H45ClN2O/c1-24-17-31(26-13-9-6-10-14-26)20-27(32(24,33)18-25-11-7-5-8-12-25)19-30(4,21-31)16-15-28(34)29(2,3)22-35-23-36/h5-14,23-24,27-28H,15-22,34H2,1-4H3,(H,35,36). The number of alkyl halides is 1. The van der Waals surface area contributed by atoms with Gasteiger partial charge in [0.2, 0.25) is 6.41 Å². The van der Waals surface area contributed by atoms with E-state index in [4.69, 9.17) is 17.3 Å². The number of carbonyl (C=O) groups excluding carboxylic acids is 1. The first-order chi connectivity index (χ1) is 17.0. The Morgan fingerprint density at radius 3 is 2.36 bits per heavy atom. The number of hydrogen-bond acceptors (Lipinski definition) is 2. The fraction of sp³-hybridized carbons (Fsp3) is 0.594. The molecule has 2 aromatic carbocycles. The van der Waals surface area contributed by atoms with Crippen molar-refractivity contribution in [3.63, 3.8) is 0 Å². The lowest BCUT2D eigenvalue weighted by atomic mass is 9.46. The number of amides is 1. The number of halogens is 1. The number of carbonyl (C=O) groups is 1. The van der Waals surface area contributed by atoms with Crippen molar-refractivity contribution in [2.24, 2.45) is 28.4 Å². The van der Waals surface area contributed by atoms with Gasteiger partial charge in [0.05, 0.1) is 4.87 Å². The second-order valence-corrected chi connectivity index (χ2v) is 13.8. The number of nitrogens with one attached hydrogen (secondary N) is 1. The van der Waals surface area contributed by atoms with Crippen LogP contribution in [0.25, 0.3) is 0 Å². The molecule has 0 radical (unpaired) electrons. The van der Waals surface area contributed by atoms with Crippen molar-refractivity contribution in [1.82, 2.24) is 5.32 Å². The molecular formula is C32H45ClN2O. The van der Waals surface area contributed by atoms with Gasteiger partial charge in [-0.1, -0.05) is 88.4 Å². The van der Waals surface area contributed by atoms with Crippen LogP contribution < -0.4 is 11.1 Å². The SMILES string of the molecule is CC1CC2(c3ccccc3)CC(CC(C)(CCC(N)C(C)(C)CNC=O)C2)C1(Cl)Cc1ccccc1. The summed E-state index contributed by atoms with van der Waals surface area (Å²) in [5, 5.41) is 2.84. The molecule has 36 heavy (non-hydrogen) atoms. The van der Waals surface area contributed by atoms with E-state index in [1.165, 1.54) is 17.5 Å². The molecule has 3 nitrogen and oxygen atoms in total. The molecule has 2 aromatic rings. The van der Waals surface area contributed by atoms with Crippen LogP contribution in [-0.2, 0) is 16.6 Å². The monoisotopic (exact) mass is 508 g/mol. The largest absolute Gasteiger partial charge is 0.358 e. The molecule has 4 heteroatoms. The molecule has 0 saturated heterocycles. The Bertz CT molecular complexity index is 1010. The van der Waals surface area contributed by atoms with Crippen molar-refractivity contribution < 1.29 is 4.79 Å². The maximum absolute atomic E-state index is 10.9. The molecule has 0 aromatic heterocycles. The fourth-order valence-electron chi connectivity index (χ4n) is 7.63.